The quantitative estimate of drug-likeness (QED) is 0.343. The molecular weight excluding hydrogens is 180 g/mol. The first-order valence-corrected chi connectivity index (χ1v) is 3.59. The molecule has 0 rings (SSSR count). The van der Waals surface area contributed by atoms with Gasteiger partial charge in [-0.1, -0.05) is 0 Å². The Hall–Kier alpha value is -0.530. The number of carbonyl (C=O) groups excluding carboxylic acids is 1. The Morgan fingerprint density at radius 3 is 2.54 bits per heavy atom. The van der Waals surface area contributed by atoms with E-state index in [1.807, 2.05) is 0 Å². The van der Waals surface area contributed by atoms with E-state index in [-0.39, 0.29) is 6.29 Å². The van der Waals surface area contributed by atoms with Crippen molar-refractivity contribution in [3.63, 3.8) is 0 Å². The van der Waals surface area contributed by atoms with Gasteiger partial charge in [0.25, 0.3) is 0 Å². The Morgan fingerprint density at radius 1 is 1.54 bits per heavy atom. The molecule has 4 N–H and O–H groups in total. The minimum atomic E-state index is -1.64. The molecule has 0 amide bonds. The van der Waals surface area contributed by atoms with Crippen LogP contribution in [-0.2, 0) is 9.53 Å². The number of methoxy groups -OCH3 is 1. The average Bonchev–Trinajstić information content (AvgIpc) is 2.22. The second-order valence-corrected chi connectivity index (χ2v) is 2.50. The lowest BCUT2D eigenvalue weighted by Crippen LogP contribution is -2.47. The first-order valence-electron chi connectivity index (χ1n) is 4.30. The van der Waals surface area contributed by atoms with E-state index in [1.54, 1.807) is 0 Å². The molecule has 0 aliphatic heterocycles. The smallest absolute Gasteiger partial charge is 0.151 e. The van der Waals surface area contributed by atoms with Crippen molar-refractivity contribution >= 4 is 6.29 Å². The van der Waals surface area contributed by atoms with Gasteiger partial charge in [-0.3, -0.25) is 0 Å². The van der Waals surface area contributed by atoms with Gasteiger partial charge in [0.05, 0.1) is 7.98 Å². The van der Waals surface area contributed by atoms with Crippen LogP contribution in [0.3, 0.4) is 0 Å². The maximum atomic E-state index is 10.2. The summed E-state index contributed by atoms with van der Waals surface area (Å²) >= 11 is 0. The molecule has 78 valence electrons. The lowest BCUT2D eigenvalue weighted by Gasteiger charge is -2.25. The van der Waals surface area contributed by atoms with E-state index in [0.29, 0.717) is 0 Å². The van der Waals surface area contributed by atoms with Gasteiger partial charge in [-0.25, -0.2) is 0 Å². The van der Waals surface area contributed by atoms with Crippen LogP contribution in [0.1, 0.15) is 1.37 Å². The molecule has 0 radical (unpaired) electrons. The van der Waals surface area contributed by atoms with Gasteiger partial charge in [0.15, 0.2) is 6.29 Å². The first kappa shape index (κ1) is 10.6. The Morgan fingerprint density at radius 2 is 2.15 bits per heavy atom. The first-order chi connectivity index (χ1) is 6.58. The van der Waals surface area contributed by atoms with Crippen molar-refractivity contribution in [2.75, 3.05) is 13.7 Å². The average molecular weight is 195 g/mol. The number of carbonyl (C=O) groups is 1. The van der Waals surface area contributed by atoms with E-state index in [9.17, 15) is 9.90 Å². The number of hydrogen-bond donors (Lipinski definition) is 4. The molecular formula is C7H14O6. The molecule has 0 aromatic carbocycles. The fourth-order valence-electron chi connectivity index (χ4n) is 0.804. The molecule has 6 heteroatoms. The van der Waals surface area contributed by atoms with Gasteiger partial charge in [-0.15, -0.1) is 0 Å². The topological polar surface area (TPSA) is 107 Å². The summed E-state index contributed by atoms with van der Waals surface area (Å²) in [5, 5.41) is 35.8. The number of ether oxygens (including phenoxy) is 1. The summed E-state index contributed by atoms with van der Waals surface area (Å²) in [4.78, 5) is 10.2. The fourth-order valence-corrected chi connectivity index (χ4v) is 0.804. The highest BCUT2D eigenvalue weighted by Crippen LogP contribution is 2.07. The van der Waals surface area contributed by atoms with Crippen molar-refractivity contribution in [2.24, 2.45) is 0 Å². The summed E-state index contributed by atoms with van der Waals surface area (Å²) in [5.41, 5.74) is 0. The van der Waals surface area contributed by atoms with E-state index >= 15 is 0 Å². The second-order valence-electron chi connectivity index (χ2n) is 2.50. The van der Waals surface area contributed by atoms with E-state index in [0.717, 1.165) is 0 Å². The van der Waals surface area contributed by atoms with Gasteiger partial charge in [0.1, 0.15) is 24.4 Å². The van der Waals surface area contributed by atoms with Crippen LogP contribution in [0.4, 0.5) is 0 Å². The summed E-state index contributed by atoms with van der Waals surface area (Å²) in [6.45, 7) is -0.732. The van der Waals surface area contributed by atoms with Crippen LogP contribution in [0.25, 0.3) is 0 Å². The molecule has 0 heterocycles. The van der Waals surface area contributed by atoms with Gasteiger partial charge in [-0.2, -0.15) is 0 Å². The zero-order valence-electron chi connectivity index (χ0n) is 7.91. The van der Waals surface area contributed by atoms with Gasteiger partial charge in [0, 0.05) is 7.09 Å². The molecule has 0 bridgehead atoms. The highest BCUT2D eigenvalue weighted by molar-refractivity contribution is 5.56. The lowest BCUT2D eigenvalue weighted by molar-refractivity contribution is -0.143. The zero-order valence-corrected chi connectivity index (χ0v) is 6.91. The zero-order chi connectivity index (χ0) is 11.1. The molecule has 4 atom stereocenters. The standard InChI is InChI=1S/C7H14O6/c1-13-7(5(11)3-9)6(12)4(10)2-8/h3-8,10-12H,2H2,1H3/t4-,5+,6+,7-/m1/s1/i1D. The fraction of sp³-hybridized carbons (Fsp3) is 0.857. The SMILES string of the molecule is [2H]CO[C@@H]([C@@H](O)[C@H](O)CO)[C@@H](O)C=O. The number of aldehydes is 1. The second kappa shape index (κ2) is 6.01. The number of aliphatic hydroxyl groups is 4. The number of aliphatic hydroxyl groups excluding tert-OH is 4. The predicted octanol–water partition coefficient (Wildman–Crippen LogP) is -2.72. The molecule has 6 nitrogen and oxygen atoms in total. The third-order valence-electron chi connectivity index (χ3n) is 1.59. The molecule has 13 heavy (non-hydrogen) atoms. The molecule has 0 unspecified atom stereocenters. The molecule has 0 saturated heterocycles. The van der Waals surface area contributed by atoms with Crippen molar-refractivity contribution < 1.29 is 31.3 Å². The van der Waals surface area contributed by atoms with Crippen LogP contribution < -0.4 is 0 Å². The highest BCUT2D eigenvalue weighted by Gasteiger charge is 2.31. The molecule has 0 aliphatic carbocycles. The van der Waals surface area contributed by atoms with Crippen LogP contribution >= 0.6 is 0 Å². The van der Waals surface area contributed by atoms with E-state index < -0.39 is 38.1 Å². The van der Waals surface area contributed by atoms with Crippen molar-refractivity contribution in [3.05, 3.63) is 0 Å². The monoisotopic (exact) mass is 195 g/mol. The van der Waals surface area contributed by atoms with Gasteiger partial charge in [0.2, 0.25) is 0 Å². The Kier molecular flexibility index (Phi) is 4.87. The van der Waals surface area contributed by atoms with E-state index in [2.05, 4.69) is 4.74 Å². The van der Waals surface area contributed by atoms with Crippen LogP contribution in [0.15, 0.2) is 0 Å². The largest absolute Gasteiger partial charge is 0.394 e. The number of hydrogen-bond acceptors (Lipinski definition) is 6. The van der Waals surface area contributed by atoms with Crippen molar-refractivity contribution in [1.29, 1.82) is 0 Å². The third-order valence-corrected chi connectivity index (χ3v) is 1.59. The van der Waals surface area contributed by atoms with E-state index in [1.165, 1.54) is 0 Å². The van der Waals surface area contributed by atoms with E-state index in [4.69, 9.17) is 16.7 Å². The van der Waals surface area contributed by atoms with Crippen LogP contribution in [0.2, 0.25) is 0 Å². The van der Waals surface area contributed by atoms with Gasteiger partial charge < -0.3 is 30.0 Å². The van der Waals surface area contributed by atoms with Crippen LogP contribution in [-0.4, -0.2) is 64.8 Å². The Bertz CT molecular complexity index is 166. The Balaban J connectivity index is 4.38. The molecule has 0 aliphatic rings. The van der Waals surface area contributed by atoms with Gasteiger partial charge >= 0.3 is 0 Å². The maximum Gasteiger partial charge on any atom is 0.151 e. The minimum Gasteiger partial charge on any atom is -0.394 e. The summed E-state index contributed by atoms with van der Waals surface area (Å²) in [5.74, 6) is 0. The van der Waals surface area contributed by atoms with Gasteiger partial charge in [-0.05, 0) is 0 Å². The van der Waals surface area contributed by atoms with Crippen LogP contribution in [0, 0.1) is 0 Å². The molecule has 0 saturated carbocycles. The highest BCUT2D eigenvalue weighted by atomic mass is 16.5. The normalized spacial score (nSPS) is 21.4. The predicted molar refractivity (Wildman–Crippen MR) is 42.0 cm³/mol. The molecule has 0 spiro atoms. The lowest BCUT2D eigenvalue weighted by atomic mass is 10.0. The van der Waals surface area contributed by atoms with Crippen molar-refractivity contribution in [1.82, 2.24) is 0 Å². The molecule has 0 fully saturated rings. The molecule has 0 aromatic rings. The number of rotatable bonds is 6. The summed E-state index contributed by atoms with van der Waals surface area (Å²) in [7, 11) is -0.579. The minimum absolute atomic E-state index is 0.119. The Labute approximate surface area is 76.8 Å². The third kappa shape index (κ3) is 3.37. The van der Waals surface area contributed by atoms with Crippen molar-refractivity contribution in [3.8, 4) is 0 Å². The molecule has 0 aromatic heterocycles. The summed E-state index contributed by atoms with van der Waals surface area (Å²) in [6, 6.07) is 0. The van der Waals surface area contributed by atoms with Crippen LogP contribution in [0.5, 0.6) is 0 Å². The maximum absolute atomic E-state index is 10.2. The summed E-state index contributed by atoms with van der Waals surface area (Å²) in [6.07, 6.45) is -6.08. The van der Waals surface area contributed by atoms with Crippen molar-refractivity contribution in [2.45, 2.75) is 24.4 Å². The summed E-state index contributed by atoms with van der Waals surface area (Å²) < 4.78 is 11.2.